The van der Waals surface area contributed by atoms with Gasteiger partial charge in [-0.15, -0.1) is 0 Å². The molecule has 1 heterocycles. The summed E-state index contributed by atoms with van der Waals surface area (Å²) in [6.07, 6.45) is 6.08. The van der Waals surface area contributed by atoms with Crippen LogP contribution >= 0.6 is 0 Å². The Morgan fingerprint density at radius 2 is 1.81 bits per heavy atom. The second-order valence-corrected chi connectivity index (χ2v) is 5.49. The van der Waals surface area contributed by atoms with Gasteiger partial charge in [0, 0.05) is 42.4 Å². The van der Waals surface area contributed by atoms with Crippen molar-refractivity contribution in [1.29, 1.82) is 0 Å². The molecule has 0 atom stereocenters. The predicted octanol–water partition coefficient (Wildman–Crippen LogP) is 4.43. The number of benzene rings is 2. The van der Waals surface area contributed by atoms with Crippen LogP contribution in [0.4, 0.5) is 11.4 Å². The molecule has 3 aromatic rings. The molecule has 0 spiro atoms. The molecule has 0 aliphatic carbocycles. The van der Waals surface area contributed by atoms with Crippen LogP contribution in [0.15, 0.2) is 79.1 Å². The van der Waals surface area contributed by atoms with E-state index in [9.17, 15) is 14.9 Å². The second-order valence-electron chi connectivity index (χ2n) is 5.49. The Morgan fingerprint density at radius 1 is 1.04 bits per heavy atom. The molecule has 0 saturated heterocycles. The standard InChI is InChI=1S/C20H15N3O4/c24-20(8-7-15-3-1-5-17(13-15)23(25)26)22-16-4-2-6-19(14-16)27-18-9-11-21-12-10-18/h1-14H,(H,22,24). The van der Waals surface area contributed by atoms with E-state index in [1.54, 1.807) is 60.9 Å². The Kier molecular flexibility index (Phi) is 5.54. The maximum absolute atomic E-state index is 12.1. The molecule has 1 aromatic heterocycles. The number of nitrogens with one attached hydrogen (secondary N) is 1. The molecule has 134 valence electrons. The zero-order chi connectivity index (χ0) is 19.1. The number of nitro groups is 1. The summed E-state index contributed by atoms with van der Waals surface area (Å²) in [5, 5.41) is 13.5. The molecule has 2 aromatic carbocycles. The zero-order valence-corrected chi connectivity index (χ0v) is 14.1. The van der Waals surface area contributed by atoms with Gasteiger partial charge in [-0.3, -0.25) is 19.9 Å². The molecule has 1 amide bonds. The van der Waals surface area contributed by atoms with Crippen LogP contribution in [-0.2, 0) is 4.79 Å². The summed E-state index contributed by atoms with van der Waals surface area (Å²) in [6.45, 7) is 0. The molecule has 3 rings (SSSR count). The number of hydrogen-bond donors (Lipinski definition) is 1. The van der Waals surface area contributed by atoms with E-state index < -0.39 is 4.92 Å². The molecule has 0 radical (unpaired) electrons. The largest absolute Gasteiger partial charge is 0.457 e. The van der Waals surface area contributed by atoms with E-state index in [0.29, 0.717) is 22.7 Å². The first-order chi connectivity index (χ1) is 13.1. The number of pyridine rings is 1. The van der Waals surface area contributed by atoms with Crippen LogP contribution in [0.5, 0.6) is 11.5 Å². The minimum absolute atomic E-state index is 0.0291. The van der Waals surface area contributed by atoms with Gasteiger partial charge in [0.2, 0.25) is 5.91 Å². The van der Waals surface area contributed by atoms with Crippen molar-refractivity contribution >= 4 is 23.4 Å². The number of nitro benzene ring substituents is 1. The third kappa shape index (κ3) is 5.23. The topological polar surface area (TPSA) is 94.4 Å². The van der Waals surface area contributed by atoms with Crippen LogP contribution in [-0.4, -0.2) is 15.8 Å². The van der Waals surface area contributed by atoms with Gasteiger partial charge in [0.25, 0.3) is 5.69 Å². The van der Waals surface area contributed by atoms with Crippen molar-refractivity contribution in [1.82, 2.24) is 4.98 Å². The Hall–Kier alpha value is -4.00. The van der Waals surface area contributed by atoms with Gasteiger partial charge in [-0.05, 0) is 35.9 Å². The van der Waals surface area contributed by atoms with Gasteiger partial charge in [-0.1, -0.05) is 18.2 Å². The van der Waals surface area contributed by atoms with E-state index >= 15 is 0 Å². The maximum atomic E-state index is 12.1. The molecule has 0 aliphatic rings. The number of amides is 1. The van der Waals surface area contributed by atoms with Crippen LogP contribution in [0.2, 0.25) is 0 Å². The average molecular weight is 361 g/mol. The Bertz CT molecular complexity index is 987. The summed E-state index contributed by atoms with van der Waals surface area (Å²) in [5.74, 6) is 0.850. The normalized spacial score (nSPS) is 10.5. The molecule has 7 nitrogen and oxygen atoms in total. The van der Waals surface area contributed by atoms with Crippen molar-refractivity contribution in [3.8, 4) is 11.5 Å². The highest BCUT2D eigenvalue weighted by molar-refractivity contribution is 6.02. The number of ether oxygens (including phenoxy) is 1. The zero-order valence-electron chi connectivity index (χ0n) is 14.1. The van der Waals surface area contributed by atoms with Gasteiger partial charge in [-0.25, -0.2) is 0 Å². The molecule has 1 N–H and O–H groups in total. The van der Waals surface area contributed by atoms with Crippen molar-refractivity contribution in [2.45, 2.75) is 0 Å². The molecule has 0 aliphatic heterocycles. The van der Waals surface area contributed by atoms with Crippen LogP contribution in [0.3, 0.4) is 0 Å². The third-order valence-electron chi connectivity index (χ3n) is 3.50. The Morgan fingerprint density at radius 3 is 2.59 bits per heavy atom. The lowest BCUT2D eigenvalue weighted by Crippen LogP contribution is -2.07. The number of aromatic nitrogens is 1. The number of hydrogen-bond acceptors (Lipinski definition) is 5. The molecule has 0 unspecified atom stereocenters. The van der Waals surface area contributed by atoms with Gasteiger partial charge in [0.1, 0.15) is 11.5 Å². The minimum atomic E-state index is -0.480. The molecule has 7 heteroatoms. The number of anilines is 1. The molecular weight excluding hydrogens is 346 g/mol. The molecule has 27 heavy (non-hydrogen) atoms. The smallest absolute Gasteiger partial charge is 0.270 e. The first kappa shape index (κ1) is 17.8. The lowest BCUT2D eigenvalue weighted by molar-refractivity contribution is -0.384. The van der Waals surface area contributed by atoms with E-state index in [4.69, 9.17) is 4.74 Å². The summed E-state index contributed by atoms with van der Waals surface area (Å²) in [5.41, 5.74) is 1.10. The van der Waals surface area contributed by atoms with Gasteiger partial charge >= 0.3 is 0 Å². The molecule has 0 saturated carbocycles. The number of rotatable bonds is 6. The summed E-state index contributed by atoms with van der Waals surface area (Å²) in [7, 11) is 0. The Labute approximate surface area is 155 Å². The van der Waals surface area contributed by atoms with Crippen LogP contribution in [0.1, 0.15) is 5.56 Å². The average Bonchev–Trinajstić information content (AvgIpc) is 2.68. The minimum Gasteiger partial charge on any atom is -0.457 e. The van der Waals surface area contributed by atoms with E-state index in [2.05, 4.69) is 10.3 Å². The monoisotopic (exact) mass is 361 g/mol. The van der Waals surface area contributed by atoms with Crippen LogP contribution in [0.25, 0.3) is 6.08 Å². The van der Waals surface area contributed by atoms with Gasteiger partial charge in [-0.2, -0.15) is 0 Å². The lowest BCUT2D eigenvalue weighted by Gasteiger charge is -2.07. The number of nitrogens with zero attached hydrogens (tertiary/aromatic N) is 2. The fourth-order valence-electron chi connectivity index (χ4n) is 2.28. The number of carbonyl (C=O) groups is 1. The molecule has 0 bridgehead atoms. The van der Waals surface area contributed by atoms with E-state index in [1.807, 2.05) is 0 Å². The fourth-order valence-corrected chi connectivity index (χ4v) is 2.28. The highest BCUT2D eigenvalue weighted by atomic mass is 16.6. The van der Waals surface area contributed by atoms with Crippen molar-refractivity contribution in [3.05, 3.63) is 94.8 Å². The SMILES string of the molecule is O=C(C=Cc1cccc([N+](=O)[O-])c1)Nc1cccc(Oc2ccncc2)c1. The molecular formula is C20H15N3O4. The highest BCUT2D eigenvalue weighted by Crippen LogP contribution is 2.23. The summed E-state index contributed by atoms with van der Waals surface area (Å²) < 4.78 is 5.69. The van der Waals surface area contributed by atoms with Crippen molar-refractivity contribution in [3.63, 3.8) is 0 Å². The maximum Gasteiger partial charge on any atom is 0.270 e. The number of non-ortho nitro benzene ring substituents is 1. The van der Waals surface area contributed by atoms with Gasteiger partial charge < -0.3 is 10.1 Å². The van der Waals surface area contributed by atoms with E-state index in [1.165, 1.54) is 24.3 Å². The Balaban J connectivity index is 1.65. The number of carbonyl (C=O) groups excluding carboxylic acids is 1. The van der Waals surface area contributed by atoms with Crippen LogP contribution < -0.4 is 10.1 Å². The molecule has 0 fully saturated rings. The fraction of sp³-hybridized carbons (Fsp3) is 0. The highest BCUT2D eigenvalue weighted by Gasteiger charge is 2.05. The quantitative estimate of drug-likeness (QED) is 0.398. The predicted molar refractivity (Wildman–Crippen MR) is 102 cm³/mol. The van der Waals surface area contributed by atoms with Crippen LogP contribution in [0, 0.1) is 10.1 Å². The van der Waals surface area contributed by atoms with Crippen molar-refractivity contribution < 1.29 is 14.5 Å². The van der Waals surface area contributed by atoms with Gasteiger partial charge in [0.05, 0.1) is 4.92 Å². The third-order valence-corrected chi connectivity index (χ3v) is 3.50. The first-order valence-corrected chi connectivity index (χ1v) is 8.01. The lowest BCUT2D eigenvalue weighted by atomic mass is 10.2. The summed E-state index contributed by atoms with van der Waals surface area (Å²) in [4.78, 5) is 26.3. The summed E-state index contributed by atoms with van der Waals surface area (Å²) in [6, 6.07) is 16.5. The first-order valence-electron chi connectivity index (χ1n) is 8.01. The van der Waals surface area contributed by atoms with E-state index in [-0.39, 0.29) is 11.6 Å². The van der Waals surface area contributed by atoms with Gasteiger partial charge in [0.15, 0.2) is 0 Å². The van der Waals surface area contributed by atoms with Crippen molar-refractivity contribution in [2.75, 3.05) is 5.32 Å². The summed E-state index contributed by atoms with van der Waals surface area (Å²) >= 11 is 0. The van der Waals surface area contributed by atoms with Crippen molar-refractivity contribution in [2.24, 2.45) is 0 Å². The second kappa shape index (κ2) is 8.39. The van der Waals surface area contributed by atoms with E-state index in [0.717, 1.165) is 0 Å².